The maximum Gasteiger partial charge on any atom is 0.321 e. The quantitative estimate of drug-likeness (QED) is 0.845. The molecule has 1 rings (SSSR count). The van der Waals surface area contributed by atoms with E-state index in [9.17, 15) is 13.2 Å². The largest absolute Gasteiger partial charge is 0.480 e. The van der Waals surface area contributed by atoms with Crippen LogP contribution in [0.5, 0.6) is 0 Å². The van der Waals surface area contributed by atoms with Gasteiger partial charge in [0.1, 0.15) is 0 Å². The van der Waals surface area contributed by atoms with E-state index in [1.165, 1.54) is 12.1 Å². The van der Waals surface area contributed by atoms with Crippen molar-refractivity contribution in [1.29, 1.82) is 0 Å². The molecule has 15 heavy (non-hydrogen) atoms. The number of carboxylic acid groups (broad SMARTS) is 1. The predicted molar refractivity (Wildman–Crippen MR) is 55.5 cm³/mol. The van der Waals surface area contributed by atoms with Crippen molar-refractivity contribution in [3.05, 3.63) is 29.8 Å². The Hall–Kier alpha value is -1.36. The van der Waals surface area contributed by atoms with Crippen molar-refractivity contribution < 1.29 is 18.3 Å². The van der Waals surface area contributed by atoms with Gasteiger partial charge in [0.05, 0.1) is 4.90 Å². The molecule has 1 atom stereocenters. The number of benzene rings is 1. The van der Waals surface area contributed by atoms with Crippen LogP contribution >= 0.6 is 0 Å². The molecular weight excluding hydrogens is 216 g/mol. The maximum absolute atomic E-state index is 11.7. The van der Waals surface area contributed by atoms with Crippen LogP contribution in [-0.2, 0) is 14.6 Å². The van der Waals surface area contributed by atoms with Gasteiger partial charge in [-0.25, -0.2) is 8.42 Å². The molecule has 0 saturated carbocycles. The van der Waals surface area contributed by atoms with Crippen molar-refractivity contribution in [3.8, 4) is 0 Å². The second kappa shape index (κ2) is 4.02. The number of rotatable bonds is 3. The van der Waals surface area contributed by atoms with Crippen LogP contribution in [0.2, 0.25) is 0 Å². The van der Waals surface area contributed by atoms with Gasteiger partial charge in [-0.05, 0) is 26.0 Å². The van der Waals surface area contributed by atoms with E-state index in [4.69, 9.17) is 5.11 Å². The minimum absolute atomic E-state index is 0.0444. The molecule has 0 aliphatic carbocycles. The highest BCUT2D eigenvalue weighted by molar-refractivity contribution is 7.92. The van der Waals surface area contributed by atoms with Crippen LogP contribution in [0.25, 0.3) is 0 Å². The number of aliphatic carboxylic acids is 1. The van der Waals surface area contributed by atoms with Gasteiger partial charge in [0.25, 0.3) is 0 Å². The zero-order chi connectivity index (χ0) is 11.6. The number of carbonyl (C=O) groups is 1. The lowest BCUT2D eigenvalue weighted by molar-refractivity contribution is -0.136. The average molecular weight is 228 g/mol. The second-order valence-corrected chi connectivity index (χ2v) is 5.61. The van der Waals surface area contributed by atoms with Crippen molar-refractivity contribution in [2.45, 2.75) is 24.0 Å². The first-order valence-electron chi connectivity index (χ1n) is 4.39. The third-order valence-corrected chi connectivity index (χ3v) is 4.22. The standard InChI is InChI=1S/C10H12O4S/c1-7-3-5-9(6-4-7)15(13,14)8(2)10(11)12/h3-6,8H,1-2H3,(H,11,12)/t8-/m0/s1. The molecule has 82 valence electrons. The maximum atomic E-state index is 11.7. The Morgan fingerprint density at radius 2 is 1.73 bits per heavy atom. The fraction of sp³-hybridized carbons (Fsp3) is 0.300. The van der Waals surface area contributed by atoms with Crippen LogP contribution < -0.4 is 0 Å². The molecule has 0 aliphatic rings. The third kappa shape index (κ3) is 2.36. The summed E-state index contributed by atoms with van der Waals surface area (Å²) in [4.78, 5) is 10.7. The molecule has 0 amide bonds. The van der Waals surface area contributed by atoms with E-state index >= 15 is 0 Å². The van der Waals surface area contributed by atoms with E-state index < -0.39 is 21.1 Å². The molecule has 0 aliphatic heterocycles. The highest BCUT2D eigenvalue weighted by Crippen LogP contribution is 2.16. The molecule has 0 heterocycles. The minimum atomic E-state index is -3.75. The fourth-order valence-corrected chi connectivity index (χ4v) is 2.25. The summed E-state index contributed by atoms with van der Waals surface area (Å²) in [5.41, 5.74) is 0.928. The highest BCUT2D eigenvalue weighted by atomic mass is 32.2. The highest BCUT2D eigenvalue weighted by Gasteiger charge is 2.29. The summed E-state index contributed by atoms with van der Waals surface area (Å²) in [5, 5.41) is 7.24. The number of aryl methyl sites for hydroxylation is 1. The van der Waals surface area contributed by atoms with Crippen LogP contribution in [0, 0.1) is 6.92 Å². The van der Waals surface area contributed by atoms with Gasteiger partial charge in [0.2, 0.25) is 0 Å². The van der Waals surface area contributed by atoms with Crippen molar-refractivity contribution in [2.75, 3.05) is 0 Å². The number of sulfone groups is 1. The lowest BCUT2D eigenvalue weighted by atomic mass is 10.2. The molecule has 0 radical (unpaired) electrons. The normalized spacial score (nSPS) is 13.5. The van der Waals surface area contributed by atoms with E-state index in [0.717, 1.165) is 12.5 Å². The molecule has 0 aromatic heterocycles. The summed E-state index contributed by atoms with van der Waals surface area (Å²) in [6.07, 6.45) is 0. The van der Waals surface area contributed by atoms with Gasteiger partial charge in [-0.1, -0.05) is 17.7 Å². The zero-order valence-corrected chi connectivity index (χ0v) is 9.28. The first-order valence-corrected chi connectivity index (χ1v) is 5.93. The van der Waals surface area contributed by atoms with E-state index in [-0.39, 0.29) is 4.90 Å². The SMILES string of the molecule is Cc1ccc(S(=O)(=O)[C@@H](C)C(=O)O)cc1. The van der Waals surface area contributed by atoms with E-state index in [1.54, 1.807) is 12.1 Å². The molecular formula is C10H12O4S. The molecule has 1 N–H and O–H groups in total. The van der Waals surface area contributed by atoms with Gasteiger partial charge in [0, 0.05) is 0 Å². The molecule has 1 aromatic rings. The van der Waals surface area contributed by atoms with Crippen LogP contribution in [0.15, 0.2) is 29.2 Å². The molecule has 1 aromatic carbocycles. The Bertz CT molecular complexity index is 459. The first kappa shape index (κ1) is 11.7. The zero-order valence-electron chi connectivity index (χ0n) is 8.47. The first-order chi connectivity index (χ1) is 6.85. The summed E-state index contributed by atoms with van der Waals surface area (Å²) in [5.74, 6) is -1.34. The molecule has 0 fully saturated rings. The Balaban J connectivity index is 3.17. The lowest BCUT2D eigenvalue weighted by Gasteiger charge is -2.08. The Morgan fingerprint density at radius 3 is 2.13 bits per heavy atom. The fourth-order valence-electron chi connectivity index (χ4n) is 1.06. The van der Waals surface area contributed by atoms with E-state index in [1.807, 2.05) is 6.92 Å². The topological polar surface area (TPSA) is 71.4 Å². The van der Waals surface area contributed by atoms with Gasteiger partial charge in [0.15, 0.2) is 15.1 Å². The number of carboxylic acids is 1. The van der Waals surface area contributed by atoms with Crippen molar-refractivity contribution in [2.24, 2.45) is 0 Å². The molecule has 0 spiro atoms. The van der Waals surface area contributed by atoms with E-state index in [0.29, 0.717) is 0 Å². The van der Waals surface area contributed by atoms with Gasteiger partial charge >= 0.3 is 5.97 Å². The van der Waals surface area contributed by atoms with Gasteiger partial charge in [-0.15, -0.1) is 0 Å². The summed E-state index contributed by atoms with van der Waals surface area (Å²) in [7, 11) is -3.75. The Labute approximate surface area is 88.5 Å². The Morgan fingerprint density at radius 1 is 1.27 bits per heavy atom. The predicted octanol–water partition coefficient (Wildman–Crippen LogP) is 1.24. The van der Waals surface area contributed by atoms with Crippen molar-refractivity contribution in [1.82, 2.24) is 0 Å². The molecule has 5 heteroatoms. The third-order valence-electron chi connectivity index (χ3n) is 2.16. The number of hydrogen-bond donors (Lipinski definition) is 1. The molecule has 0 unspecified atom stereocenters. The second-order valence-electron chi connectivity index (χ2n) is 3.34. The summed E-state index contributed by atoms with van der Waals surface area (Å²) >= 11 is 0. The van der Waals surface area contributed by atoms with Crippen molar-refractivity contribution in [3.63, 3.8) is 0 Å². The smallest absolute Gasteiger partial charge is 0.321 e. The molecule has 0 bridgehead atoms. The summed E-state index contributed by atoms with van der Waals surface area (Å²) in [6.45, 7) is 2.99. The number of hydrogen-bond acceptors (Lipinski definition) is 3. The molecule has 4 nitrogen and oxygen atoms in total. The van der Waals surface area contributed by atoms with Crippen LogP contribution in [-0.4, -0.2) is 24.7 Å². The minimum Gasteiger partial charge on any atom is -0.480 e. The van der Waals surface area contributed by atoms with Gasteiger partial charge < -0.3 is 5.11 Å². The van der Waals surface area contributed by atoms with Gasteiger partial charge in [-0.3, -0.25) is 4.79 Å². The summed E-state index contributed by atoms with van der Waals surface area (Å²) < 4.78 is 23.4. The van der Waals surface area contributed by atoms with Crippen LogP contribution in [0.4, 0.5) is 0 Å². The molecule has 0 saturated heterocycles. The van der Waals surface area contributed by atoms with Crippen LogP contribution in [0.3, 0.4) is 0 Å². The Kier molecular flexibility index (Phi) is 3.14. The van der Waals surface area contributed by atoms with Crippen molar-refractivity contribution >= 4 is 15.8 Å². The van der Waals surface area contributed by atoms with Crippen LogP contribution in [0.1, 0.15) is 12.5 Å². The average Bonchev–Trinajstić information content (AvgIpc) is 2.17. The van der Waals surface area contributed by atoms with E-state index in [2.05, 4.69) is 0 Å². The summed E-state index contributed by atoms with van der Waals surface area (Å²) in [6, 6.07) is 6.12. The monoisotopic (exact) mass is 228 g/mol. The van der Waals surface area contributed by atoms with Gasteiger partial charge in [-0.2, -0.15) is 0 Å². The lowest BCUT2D eigenvalue weighted by Crippen LogP contribution is -2.26.